The second-order valence-electron chi connectivity index (χ2n) is 7.02. The number of aromatic nitrogens is 2. The van der Waals surface area contributed by atoms with Gasteiger partial charge >= 0.3 is 0 Å². The van der Waals surface area contributed by atoms with E-state index in [9.17, 15) is 9.59 Å². The molecule has 0 unspecified atom stereocenters. The molecule has 1 aromatic carbocycles. The van der Waals surface area contributed by atoms with Gasteiger partial charge in [-0.05, 0) is 37.8 Å². The predicted octanol–water partition coefficient (Wildman–Crippen LogP) is 4.74. The highest BCUT2D eigenvalue weighted by Gasteiger charge is 2.21. The van der Waals surface area contributed by atoms with E-state index < -0.39 is 0 Å². The number of hydrogen-bond acceptors (Lipinski definition) is 5. The molecule has 0 saturated heterocycles. The van der Waals surface area contributed by atoms with E-state index in [0.717, 1.165) is 31.3 Å². The minimum Gasteiger partial charge on any atom is -0.370 e. The number of hydrogen-bond donors (Lipinski definition) is 1. The van der Waals surface area contributed by atoms with E-state index in [1.54, 1.807) is 27.2 Å². The summed E-state index contributed by atoms with van der Waals surface area (Å²) in [5.41, 5.74) is 8.20. The standard InChI is InChI=1S/C22H21N3O2S2/c1-13-6-3-7-15(12-13)20-24-21-19(22(27)25(20)10-4-9-17(23)26)18(14(2)29-21)16-8-5-11-28-16/h3,5-8,11-12H,4,9-10H2,1-2H3,(H2,23,26). The average molecular weight is 424 g/mol. The smallest absolute Gasteiger partial charge is 0.263 e. The Morgan fingerprint density at radius 3 is 2.72 bits per heavy atom. The SMILES string of the molecule is Cc1cccc(-c2nc3sc(C)c(-c4cccs4)c3c(=O)n2CCCC(N)=O)c1. The van der Waals surface area contributed by atoms with Crippen LogP contribution in [-0.4, -0.2) is 15.5 Å². The average Bonchev–Trinajstić information content (AvgIpc) is 3.30. The normalized spacial score (nSPS) is 11.2. The Morgan fingerprint density at radius 1 is 1.21 bits per heavy atom. The lowest BCUT2D eigenvalue weighted by atomic mass is 10.1. The van der Waals surface area contributed by atoms with Crippen LogP contribution in [0.2, 0.25) is 0 Å². The molecule has 5 nitrogen and oxygen atoms in total. The van der Waals surface area contributed by atoms with Crippen LogP contribution in [0.1, 0.15) is 23.3 Å². The molecule has 0 bridgehead atoms. The first-order valence-electron chi connectivity index (χ1n) is 9.39. The third kappa shape index (κ3) is 3.75. The molecule has 0 aliphatic heterocycles. The molecule has 0 fully saturated rings. The molecule has 3 aromatic heterocycles. The minimum atomic E-state index is -0.366. The van der Waals surface area contributed by atoms with Crippen molar-refractivity contribution in [2.45, 2.75) is 33.2 Å². The molecule has 0 aliphatic carbocycles. The van der Waals surface area contributed by atoms with Crippen LogP contribution in [0.4, 0.5) is 0 Å². The molecule has 0 spiro atoms. The first kappa shape index (κ1) is 19.5. The van der Waals surface area contributed by atoms with Gasteiger partial charge in [0.2, 0.25) is 5.91 Å². The Hall–Kier alpha value is -2.77. The van der Waals surface area contributed by atoms with Gasteiger partial charge in [-0.1, -0.05) is 29.8 Å². The number of primary amides is 1. The number of amides is 1. The molecule has 4 aromatic rings. The highest BCUT2D eigenvalue weighted by Crippen LogP contribution is 2.38. The molecule has 1 amide bonds. The van der Waals surface area contributed by atoms with Crippen LogP contribution in [0.25, 0.3) is 32.0 Å². The van der Waals surface area contributed by atoms with Gasteiger partial charge < -0.3 is 5.73 Å². The number of carbonyl (C=O) groups excluding carboxylic acids is 1. The van der Waals surface area contributed by atoms with Gasteiger partial charge in [-0.15, -0.1) is 22.7 Å². The van der Waals surface area contributed by atoms with E-state index in [2.05, 4.69) is 0 Å². The number of thiophene rings is 2. The van der Waals surface area contributed by atoms with E-state index >= 15 is 0 Å². The summed E-state index contributed by atoms with van der Waals surface area (Å²) < 4.78 is 1.70. The van der Waals surface area contributed by atoms with Gasteiger partial charge in [-0.2, -0.15) is 0 Å². The van der Waals surface area contributed by atoms with Gasteiger partial charge in [0.1, 0.15) is 10.7 Å². The van der Waals surface area contributed by atoms with Crippen LogP contribution >= 0.6 is 22.7 Å². The zero-order chi connectivity index (χ0) is 20.5. The Bertz CT molecular complexity index is 1250. The molecule has 2 N–H and O–H groups in total. The molecule has 0 aliphatic rings. The molecule has 29 heavy (non-hydrogen) atoms. The first-order chi connectivity index (χ1) is 14.0. The van der Waals surface area contributed by atoms with Crippen LogP contribution in [0.5, 0.6) is 0 Å². The fraction of sp³-hybridized carbons (Fsp3) is 0.227. The fourth-order valence-corrected chi connectivity index (χ4v) is 5.46. The van der Waals surface area contributed by atoms with Crippen molar-refractivity contribution in [3.05, 3.63) is 62.6 Å². The third-order valence-corrected chi connectivity index (χ3v) is 6.72. The highest BCUT2D eigenvalue weighted by atomic mass is 32.1. The second kappa shape index (κ2) is 7.93. The van der Waals surface area contributed by atoms with Crippen molar-refractivity contribution in [2.24, 2.45) is 5.73 Å². The van der Waals surface area contributed by atoms with Crippen LogP contribution in [0.3, 0.4) is 0 Å². The zero-order valence-corrected chi connectivity index (χ0v) is 17.9. The van der Waals surface area contributed by atoms with E-state index in [1.807, 2.05) is 55.6 Å². The number of nitrogens with two attached hydrogens (primary N) is 1. The summed E-state index contributed by atoms with van der Waals surface area (Å²) in [6, 6.07) is 12.0. The number of benzene rings is 1. The molecular weight excluding hydrogens is 402 g/mol. The van der Waals surface area contributed by atoms with E-state index in [-0.39, 0.29) is 17.9 Å². The number of aryl methyl sites for hydroxylation is 2. The summed E-state index contributed by atoms with van der Waals surface area (Å²) >= 11 is 3.17. The number of carbonyl (C=O) groups is 1. The summed E-state index contributed by atoms with van der Waals surface area (Å²) in [4.78, 5) is 32.7. The quantitative estimate of drug-likeness (QED) is 0.487. The van der Waals surface area contributed by atoms with E-state index in [0.29, 0.717) is 24.2 Å². The van der Waals surface area contributed by atoms with E-state index in [4.69, 9.17) is 10.7 Å². The van der Waals surface area contributed by atoms with Gasteiger partial charge in [0.25, 0.3) is 5.56 Å². The Kier molecular flexibility index (Phi) is 5.34. The van der Waals surface area contributed by atoms with Crippen molar-refractivity contribution < 1.29 is 4.79 Å². The monoisotopic (exact) mass is 423 g/mol. The number of nitrogens with zero attached hydrogens (tertiary/aromatic N) is 2. The molecule has 0 radical (unpaired) electrons. The third-order valence-electron chi connectivity index (χ3n) is 4.84. The first-order valence-corrected chi connectivity index (χ1v) is 11.1. The largest absolute Gasteiger partial charge is 0.370 e. The predicted molar refractivity (Wildman–Crippen MR) is 121 cm³/mol. The van der Waals surface area contributed by atoms with Crippen LogP contribution < -0.4 is 11.3 Å². The van der Waals surface area contributed by atoms with Gasteiger partial charge in [0, 0.05) is 33.8 Å². The molecule has 0 saturated carbocycles. The van der Waals surface area contributed by atoms with Crippen molar-refractivity contribution in [3.8, 4) is 21.8 Å². The highest BCUT2D eigenvalue weighted by molar-refractivity contribution is 7.20. The lowest BCUT2D eigenvalue weighted by Crippen LogP contribution is -2.24. The van der Waals surface area contributed by atoms with Gasteiger partial charge in [0.15, 0.2) is 0 Å². The summed E-state index contributed by atoms with van der Waals surface area (Å²) in [5, 5.41) is 2.67. The maximum Gasteiger partial charge on any atom is 0.263 e. The lowest BCUT2D eigenvalue weighted by molar-refractivity contribution is -0.118. The second-order valence-corrected chi connectivity index (χ2v) is 9.17. The summed E-state index contributed by atoms with van der Waals surface area (Å²) in [6.45, 7) is 4.44. The van der Waals surface area contributed by atoms with Gasteiger partial charge in [-0.3, -0.25) is 14.2 Å². The summed E-state index contributed by atoms with van der Waals surface area (Å²) in [6.07, 6.45) is 0.733. The van der Waals surface area contributed by atoms with Crippen molar-refractivity contribution in [1.29, 1.82) is 0 Å². The van der Waals surface area contributed by atoms with Crippen LogP contribution in [0.15, 0.2) is 46.6 Å². The van der Waals surface area contributed by atoms with Crippen LogP contribution in [0, 0.1) is 13.8 Å². The van der Waals surface area contributed by atoms with Crippen molar-refractivity contribution in [2.75, 3.05) is 0 Å². The lowest BCUT2D eigenvalue weighted by Gasteiger charge is -2.13. The van der Waals surface area contributed by atoms with Crippen LogP contribution in [-0.2, 0) is 11.3 Å². The van der Waals surface area contributed by atoms with Crippen molar-refractivity contribution in [1.82, 2.24) is 9.55 Å². The number of fused-ring (bicyclic) bond motifs is 1. The van der Waals surface area contributed by atoms with E-state index in [1.165, 1.54) is 0 Å². The molecule has 7 heteroatoms. The Labute approximate surface area is 176 Å². The van der Waals surface area contributed by atoms with Gasteiger partial charge in [-0.25, -0.2) is 4.98 Å². The van der Waals surface area contributed by atoms with Crippen molar-refractivity contribution in [3.63, 3.8) is 0 Å². The molecule has 148 valence electrons. The maximum atomic E-state index is 13.6. The molecule has 3 heterocycles. The van der Waals surface area contributed by atoms with Gasteiger partial charge in [0.05, 0.1) is 5.39 Å². The summed E-state index contributed by atoms with van der Waals surface area (Å²) in [7, 11) is 0. The maximum absolute atomic E-state index is 13.6. The molecular formula is C22H21N3O2S2. The number of rotatable bonds is 6. The molecule has 0 atom stereocenters. The minimum absolute atomic E-state index is 0.0660. The Balaban J connectivity index is 1.97. The Morgan fingerprint density at radius 2 is 2.03 bits per heavy atom. The molecule has 4 rings (SSSR count). The van der Waals surface area contributed by atoms with Crippen molar-refractivity contribution >= 4 is 38.8 Å². The zero-order valence-electron chi connectivity index (χ0n) is 16.3. The topological polar surface area (TPSA) is 78.0 Å². The summed E-state index contributed by atoms with van der Waals surface area (Å²) in [5.74, 6) is 0.268. The fourth-order valence-electron chi connectivity index (χ4n) is 3.54.